The van der Waals surface area contributed by atoms with Crippen molar-refractivity contribution in [3.63, 3.8) is 0 Å². The molecule has 0 radical (unpaired) electrons. The van der Waals surface area contributed by atoms with Crippen molar-refractivity contribution in [3.8, 4) is 22.7 Å². The number of epoxide rings is 1. The van der Waals surface area contributed by atoms with Gasteiger partial charge in [0.15, 0.2) is 11.8 Å². The number of carbonyl (C=O) groups excluding carboxylic acids is 1. The first-order chi connectivity index (χ1) is 20.5. The molecule has 10 nitrogen and oxygen atoms in total. The minimum absolute atomic E-state index is 0.0102. The average molecular weight is 607 g/mol. The van der Waals surface area contributed by atoms with Crippen LogP contribution in [-0.4, -0.2) is 73.3 Å². The number of phenolic OH excluding ortho intramolecular Hbond substituents is 1. The summed E-state index contributed by atoms with van der Waals surface area (Å²) >= 11 is 6.76. The first kappa shape index (κ1) is 29.0. The van der Waals surface area contributed by atoms with Gasteiger partial charge >= 0.3 is 5.69 Å². The number of phenols is 1. The summed E-state index contributed by atoms with van der Waals surface area (Å²) in [6, 6.07) is 6.97. The maximum absolute atomic E-state index is 15.1. The number of pyridine rings is 2. The van der Waals surface area contributed by atoms with E-state index in [2.05, 4.69) is 9.97 Å². The number of benzene rings is 1. The molecular weight excluding hydrogens is 575 g/mol. The molecule has 2 aliphatic heterocycles. The number of hydrogen-bond acceptors (Lipinski definition) is 8. The molecule has 1 N–H and O–H groups in total. The third-order valence-corrected chi connectivity index (χ3v) is 8.39. The fraction of sp³-hybridized carbons (Fsp3) is 0.387. The molecular formula is C31H32ClFN6O4. The summed E-state index contributed by atoms with van der Waals surface area (Å²) in [7, 11) is 0. The van der Waals surface area contributed by atoms with Gasteiger partial charge in [-0.15, -0.1) is 0 Å². The summed E-state index contributed by atoms with van der Waals surface area (Å²) in [5.74, 6) is -0.766. The maximum Gasteiger partial charge on any atom is 0.355 e. The molecule has 2 aliphatic rings. The van der Waals surface area contributed by atoms with Crippen LogP contribution in [0.2, 0.25) is 5.02 Å². The van der Waals surface area contributed by atoms with E-state index in [0.717, 1.165) is 5.56 Å². The van der Waals surface area contributed by atoms with Crippen LogP contribution >= 0.6 is 11.6 Å². The van der Waals surface area contributed by atoms with E-state index in [9.17, 15) is 14.7 Å². The van der Waals surface area contributed by atoms with Crippen LogP contribution in [0.5, 0.6) is 5.75 Å². The van der Waals surface area contributed by atoms with Crippen LogP contribution in [0.25, 0.3) is 28.0 Å². The van der Waals surface area contributed by atoms with E-state index in [0.29, 0.717) is 42.3 Å². The second-order valence-corrected chi connectivity index (χ2v) is 12.0. The zero-order valence-electron chi connectivity index (χ0n) is 24.5. The van der Waals surface area contributed by atoms with Crippen LogP contribution in [0.4, 0.5) is 10.2 Å². The Morgan fingerprint density at radius 3 is 2.58 bits per heavy atom. The van der Waals surface area contributed by atoms with Crippen LogP contribution in [0, 0.1) is 12.7 Å². The quantitative estimate of drug-likeness (QED) is 0.328. The smallest absolute Gasteiger partial charge is 0.355 e. The molecule has 1 aromatic carbocycles. The lowest BCUT2D eigenvalue weighted by molar-refractivity contribution is -0.135. The first-order valence-electron chi connectivity index (χ1n) is 14.2. The van der Waals surface area contributed by atoms with Gasteiger partial charge in [0.2, 0.25) is 0 Å². The number of hydrogen-bond donors (Lipinski definition) is 1. The number of carbonyl (C=O) groups is 1. The minimum Gasteiger partial charge on any atom is -0.507 e. The molecule has 3 atom stereocenters. The molecule has 1 amide bonds. The average Bonchev–Trinajstić information content (AvgIpc) is 3.80. The van der Waals surface area contributed by atoms with Crippen molar-refractivity contribution in [3.05, 3.63) is 69.1 Å². The second-order valence-electron chi connectivity index (χ2n) is 11.6. The molecule has 2 saturated heterocycles. The van der Waals surface area contributed by atoms with Gasteiger partial charge in [-0.1, -0.05) is 31.5 Å². The molecule has 43 heavy (non-hydrogen) atoms. The lowest BCUT2D eigenvalue weighted by atomic mass is 10.0. The van der Waals surface area contributed by atoms with Crippen LogP contribution in [0.3, 0.4) is 0 Å². The number of anilines is 1. The Morgan fingerprint density at radius 1 is 1.16 bits per heavy atom. The van der Waals surface area contributed by atoms with E-state index in [1.807, 2.05) is 39.5 Å². The fourth-order valence-electron chi connectivity index (χ4n) is 5.84. The van der Waals surface area contributed by atoms with Gasteiger partial charge in [-0.05, 0) is 56.5 Å². The first-order valence-corrected chi connectivity index (χ1v) is 14.6. The van der Waals surface area contributed by atoms with E-state index in [1.54, 1.807) is 23.2 Å². The minimum atomic E-state index is -0.708. The van der Waals surface area contributed by atoms with Crippen molar-refractivity contribution >= 4 is 34.4 Å². The van der Waals surface area contributed by atoms with Crippen molar-refractivity contribution < 1.29 is 19.0 Å². The van der Waals surface area contributed by atoms with Gasteiger partial charge in [0.25, 0.3) is 5.91 Å². The van der Waals surface area contributed by atoms with Crippen molar-refractivity contribution in [2.24, 2.45) is 0 Å². The standard InChI is InChI=1S/C31H32ClFN6O4/c1-15(2)25-27(16(3)9-10-34-25)39-29-19(11-20(32)26(35-29)24-21(33)7-6-8-22(24)40)28(36-31(39)42)37-12-18(5)38(13-17(37)4)30(41)23-14-43-23/h6-11,15,17-18,23,40H,12-14H2,1-5H3/t17-,18+,23-/m0/s1. The third kappa shape index (κ3) is 5.00. The summed E-state index contributed by atoms with van der Waals surface area (Å²) in [5, 5.41) is 11.1. The van der Waals surface area contributed by atoms with Crippen LogP contribution in [0.1, 0.15) is 44.9 Å². The molecule has 224 valence electrons. The largest absolute Gasteiger partial charge is 0.507 e. The van der Waals surface area contributed by atoms with Crippen LogP contribution < -0.4 is 10.6 Å². The third-order valence-electron chi connectivity index (χ3n) is 8.10. The van der Waals surface area contributed by atoms with Crippen molar-refractivity contribution in [2.75, 3.05) is 24.6 Å². The maximum atomic E-state index is 15.1. The number of aryl methyl sites for hydroxylation is 1. The van der Waals surface area contributed by atoms with E-state index >= 15 is 4.39 Å². The molecule has 12 heteroatoms. The molecule has 0 unspecified atom stereocenters. The van der Waals surface area contributed by atoms with Gasteiger partial charge in [0, 0.05) is 31.4 Å². The number of fused-ring (bicyclic) bond motifs is 1. The number of piperazine rings is 1. The van der Waals surface area contributed by atoms with Crippen molar-refractivity contribution in [2.45, 2.75) is 58.7 Å². The highest BCUT2D eigenvalue weighted by atomic mass is 35.5. The molecule has 6 rings (SSSR count). The lowest BCUT2D eigenvalue weighted by Gasteiger charge is -2.44. The van der Waals surface area contributed by atoms with E-state index in [4.69, 9.17) is 21.3 Å². The Hall–Kier alpha value is -4.09. The predicted octanol–water partition coefficient (Wildman–Crippen LogP) is 4.60. The van der Waals surface area contributed by atoms with Gasteiger partial charge in [-0.25, -0.2) is 18.7 Å². The Balaban J connectivity index is 1.61. The number of aromatic nitrogens is 4. The second kappa shape index (κ2) is 10.9. The van der Waals surface area contributed by atoms with Gasteiger partial charge in [-0.2, -0.15) is 4.98 Å². The molecule has 0 saturated carbocycles. The van der Waals surface area contributed by atoms with Crippen LogP contribution in [0.15, 0.2) is 41.3 Å². The molecule has 0 spiro atoms. The summed E-state index contributed by atoms with van der Waals surface area (Å²) in [6.45, 7) is 11.0. The lowest BCUT2D eigenvalue weighted by Crippen LogP contribution is -2.59. The summed E-state index contributed by atoms with van der Waals surface area (Å²) in [5.41, 5.74) is 1.40. The highest BCUT2D eigenvalue weighted by Gasteiger charge is 2.41. The van der Waals surface area contributed by atoms with E-state index in [1.165, 1.54) is 22.8 Å². The van der Waals surface area contributed by atoms with Gasteiger partial charge in [0.05, 0.1) is 39.7 Å². The van der Waals surface area contributed by atoms with Gasteiger partial charge < -0.3 is 19.6 Å². The molecule has 2 fully saturated rings. The zero-order chi connectivity index (χ0) is 30.7. The molecule has 0 aliphatic carbocycles. The van der Waals surface area contributed by atoms with E-state index in [-0.39, 0.29) is 51.6 Å². The summed E-state index contributed by atoms with van der Waals surface area (Å²) in [4.78, 5) is 44.6. The Labute approximate surface area is 252 Å². The monoisotopic (exact) mass is 606 g/mol. The van der Waals surface area contributed by atoms with Crippen LogP contribution in [-0.2, 0) is 9.53 Å². The van der Waals surface area contributed by atoms with Crippen molar-refractivity contribution in [1.82, 2.24) is 24.4 Å². The highest BCUT2D eigenvalue weighted by molar-refractivity contribution is 6.34. The van der Waals surface area contributed by atoms with Gasteiger partial charge in [-0.3, -0.25) is 9.78 Å². The summed E-state index contributed by atoms with van der Waals surface area (Å²) in [6.07, 6.45) is 1.30. The fourth-order valence-corrected chi connectivity index (χ4v) is 6.08. The number of rotatable bonds is 5. The predicted molar refractivity (Wildman–Crippen MR) is 162 cm³/mol. The summed E-state index contributed by atoms with van der Waals surface area (Å²) < 4.78 is 21.7. The molecule has 4 aromatic rings. The topological polar surface area (TPSA) is 117 Å². The Bertz CT molecular complexity index is 1800. The van der Waals surface area contributed by atoms with Gasteiger partial charge in [0.1, 0.15) is 17.4 Å². The highest BCUT2D eigenvalue weighted by Crippen LogP contribution is 2.39. The molecule has 5 heterocycles. The molecule has 0 bridgehead atoms. The number of ether oxygens (including phenoxy) is 1. The number of amides is 1. The van der Waals surface area contributed by atoms with E-state index < -0.39 is 17.6 Å². The number of halogens is 2. The van der Waals surface area contributed by atoms with Crippen molar-refractivity contribution in [1.29, 1.82) is 0 Å². The normalized spacial score (nSPS) is 20.2. The Morgan fingerprint density at radius 2 is 1.91 bits per heavy atom. The molecule has 3 aromatic heterocycles. The number of nitrogens with zero attached hydrogens (tertiary/aromatic N) is 6. The number of aromatic hydroxyl groups is 1. The SMILES string of the molecule is Cc1ccnc(C(C)C)c1-n1c(=O)nc(N2C[C@@H](C)N(C(=O)[C@@H]3CO3)C[C@@H]2C)c2cc(Cl)c(-c3c(O)cccc3F)nc21. The Kier molecular flexibility index (Phi) is 7.34. The zero-order valence-corrected chi connectivity index (χ0v) is 25.3.